The van der Waals surface area contributed by atoms with Gasteiger partial charge in [0.25, 0.3) is 0 Å². The fourth-order valence-electron chi connectivity index (χ4n) is 3.13. The van der Waals surface area contributed by atoms with Gasteiger partial charge in [-0.2, -0.15) is 0 Å². The van der Waals surface area contributed by atoms with E-state index in [4.69, 9.17) is 14.2 Å². The number of hydrogen-bond acceptors (Lipinski definition) is 5. The summed E-state index contributed by atoms with van der Waals surface area (Å²) >= 11 is 0. The van der Waals surface area contributed by atoms with E-state index in [2.05, 4.69) is 5.32 Å². The third kappa shape index (κ3) is 6.22. The second-order valence-corrected chi connectivity index (χ2v) is 7.09. The van der Waals surface area contributed by atoms with Gasteiger partial charge in [0.15, 0.2) is 0 Å². The number of hydrogen-bond donors (Lipinski definition) is 2. The highest BCUT2D eigenvalue weighted by atomic mass is 16.5. The van der Waals surface area contributed by atoms with Crippen LogP contribution in [0.2, 0.25) is 0 Å². The van der Waals surface area contributed by atoms with Crippen LogP contribution in [-0.2, 0) is 24.6 Å². The van der Waals surface area contributed by atoms with Gasteiger partial charge in [-0.05, 0) is 50.8 Å². The third-order valence-corrected chi connectivity index (χ3v) is 4.79. The summed E-state index contributed by atoms with van der Waals surface area (Å²) in [5, 5.41) is 12.2. The molecule has 1 heterocycles. The molecule has 27 heavy (non-hydrogen) atoms. The van der Waals surface area contributed by atoms with Crippen LogP contribution in [0.1, 0.15) is 45.1 Å². The Hall–Kier alpha value is -2.12. The molecule has 1 aromatic rings. The molecule has 0 aliphatic carbocycles. The molecule has 1 fully saturated rings. The topological polar surface area (TPSA) is 94.1 Å². The van der Waals surface area contributed by atoms with Crippen molar-refractivity contribution < 1.29 is 28.9 Å². The first kappa shape index (κ1) is 21.2. The summed E-state index contributed by atoms with van der Waals surface area (Å²) in [5.41, 5.74) is -0.434. The van der Waals surface area contributed by atoms with E-state index < -0.39 is 17.6 Å². The van der Waals surface area contributed by atoms with Crippen LogP contribution in [0.3, 0.4) is 0 Å². The zero-order chi connectivity index (χ0) is 19.9. The van der Waals surface area contributed by atoms with Gasteiger partial charge in [-0.15, -0.1) is 0 Å². The average Bonchev–Trinajstić information content (AvgIpc) is 2.66. The maximum atomic E-state index is 12.6. The van der Waals surface area contributed by atoms with Crippen molar-refractivity contribution in [3.8, 4) is 5.75 Å². The Balaban J connectivity index is 2.04. The van der Waals surface area contributed by atoms with Gasteiger partial charge in [-0.25, -0.2) is 0 Å². The van der Waals surface area contributed by atoms with E-state index in [-0.39, 0.29) is 18.4 Å². The minimum atomic E-state index is -1.09. The monoisotopic (exact) mass is 379 g/mol. The third-order valence-electron chi connectivity index (χ3n) is 4.79. The van der Waals surface area contributed by atoms with Gasteiger partial charge in [-0.1, -0.05) is 12.1 Å². The van der Waals surface area contributed by atoms with Gasteiger partial charge in [0.2, 0.25) is 5.91 Å². The summed E-state index contributed by atoms with van der Waals surface area (Å²) in [7, 11) is 1.54. The van der Waals surface area contributed by atoms with Crippen molar-refractivity contribution in [3.05, 3.63) is 29.8 Å². The van der Waals surface area contributed by atoms with Gasteiger partial charge in [0.05, 0.1) is 31.8 Å². The van der Waals surface area contributed by atoms with Gasteiger partial charge in [-0.3, -0.25) is 9.59 Å². The highest BCUT2D eigenvalue weighted by molar-refractivity contribution is 5.82. The van der Waals surface area contributed by atoms with Crippen LogP contribution in [0.5, 0.6) is 5.75 Å². The van der Waals surface area contributed by atoms with E-state index >= 15 is 0 Å². The Morgan fingerprint density at radius 1 is 1.41 bits per heavy atom. The van der Waals surface area contributed by atoms with Crippen LogP contribution in [0.25, 0.3) is 0 Å². The molecule has 2 N–H and O–H groups in total. The fourth-order valence-corrected chi connectivity index (χ4v) is 3.13. The van der Waals surface area contributed by atoms with Crippen molar-refractivity contribution in [2.45, 2.75) is 57.3 Å². The normalized spacial score (nSPS) is 20.3. The van der Waals surface area contributed by atoms with Gasteiger partial charge in [0.1, 0.15) is 11.9 Å². The summed E-state index contributed by atoms with van der Waals surface area (Å²) in [6.45, 7) is 4.42. The van der Waals surface area contributed by atoms with E-state index in [9.17, 15) is 14.7 Å². The number of methoxy groups -OCH3 is 1. The highest BCUT2D eigenvalue weighted by Gasteiger charge is 2.33. The van der Waals surface area contributed by atoms with Crippen LogP contribution in [-0.4, -0.2) is 49.5 Å². The molecule has 0 radical (unpaired) electrons. The van der Waals surface area contributed by atoms with Crippen LogP contribution >= 0.6 is 0 Å². The molecule has 1 aliphatic heterocycles. The van der Waals surface area contributed by atoms with Crippen LogP contribution in [0.15, 0.2) is 24.3 Å². The Morgan fingerprint density at radius 2 is 2.19 bits per heavy atom. The second kappa shape index (κ2) is 9.71. The van der Waals surface area contributed by atoms with Gasteiger partial charge in [0, 0.05) is 6.61 Å². The van der Waals surface area contributed by atoms with E-state index in [0.29, 0.717) is 17.9 Å². The lowest BCUT2D eigenvalue weighted by atomic mass is 9.88. The fraction of sp³-hybridized carbons (Fsp3) is 0.600. The van der Waals surface area contributed by atoms with E-state index in [0.717, 1.165) is 25.9 Å². The summed E-state index contributed by atoms with van der Waals surface area (Å²) in [4.78, 5) is 24.0. The Labute approximate surface area is 160 Å². The lowest BCUT2D eigenvalue weighted by Crippen LogP contribution is -2.49. The highest BCUT2D eigenvalue weighted by Crippen LogP contribution is 2.28. The molecule has 7 heteroatoms. The largest absolute Gasteiger partial charge is 0.497 e. The van der Waals surface area contributed by atoms with Crippen molar-refractivity contribution in [2.24, 2.45) is 0 Å². The van der Waals surface area contributed by atoms with Crippen molar-refractivity contribution in [2.75, 3.05) is 20.3 Å². The molecular formula is C20H29NO6. The summed E-state index contributed by atoms with van der Waals surface area (Å²) in [6.07, 6.45) is 2.12. The zero-order valence-corrected chi connectivity index (χ0v) is 16.2. The molecule has 1 amide bonds. The smallest absolute Gasteiger partial charge is 0.306 e. The Morgan fingerprint density at radius 3 is 2.81 bits per heavy atom. The number of nitrogens with one attached hydrogen (secondary N) is 1. The number of rotatable bonds is 9. The number of amides is 1. The zero-order valence-electron chi connectivity index (χ0n) is 16.2. The molecule has 2 rings (SSSR count). The van der Waals surface area contributed by atoms with E-state index in [1.165, 1.54) is 7.11 Å². The molecule has 150 valence electrons. The molecule has 1 saturated heterocycles. The first-order valence-corrected chi connectivity index (χ1v) is 9.25. The number of ether oxygens (including phenoxy) is 3. The predicted molar refractivity (Wildman–Crippen MR) is 99.7 cm³/mol. The van der Waals surface area contributed by atoms with Gasteiger partial charge >= 0.3 is 5.97 Å². The molecule has 3 atom stereocenters. The summed E-state index contributed by atoms with van der Waals surface area (Å²) in [5.74, 6) is -0.778. The first-order chi connectivity index (χ1) is 12.8. The number of carbonyl (C=O) groups is 2. The predicted octanol–water partition coefficient (Wildman–Crippen LogP) is 2.48. The molecule has 1 aromatic carbocycles. The maximum absolute atomic E-state index is 12.6. The SMILES string of the molecule is COc1cccc(C(C)(CC(=O)O)NC(=O)C(C)OCC2CCCCO2)c1. The Kier molecular flexibility index (Phi) is 7.62. The number of carboxylic acids is 1. The van der Waals surface area contributed by atoms with Crippen LogP contribution in [0.4, 0.5) is 0 Å². The molecule has 7 nitrogen and oxygen atoms in total. The quantitative estimate of drug-likeness (QED) is 0.685. The number of carboxylic acid groups (broad SMARTS) is 1. The van der Waals surface area contributed by atoms with E-state index in [1.807, 2.05) is 0 Å². The molecule has 0 saturated carbocycles. The molecular weight excluding hydrogens is 350 g/mol. The Bertz CT molecular complexity index is 643. The van der Waals surface area contributed by atoms with Crippen molar-refractivity contribution >= 4 is 11.9 Å². The van der Waals surface area contributed by atoms with Crippen molar-refractivity contribution in [3.63, 3.8) is 0 Å². The minimum absolute atomic E-state index is 0.0118. The second-order valence-electron chi connectivity index (χ2n) is 7.09. The number of carbonyl (C=O) groups excluding carboxylic acids is 1. The molecule has 1 aliphatic rings. The minimum Gasteiger partial charge on any atom is -0.497 e. The lowest BCUT2D eigenvalue weighted by Gasteiger charge is -2.32. The molecule has 0 aromatic heterocycles. The van der Waals surface area contributed by atoms with Crippen molar-refractivity contribution in [1.29, 1.82) is 0 Å². The van der Waals surface area contributed by atoms with Crippen molar-refractivity contribution in [1.82, 2.24) is 5.32 Å². The first-order valence-electron chi connectivity index (χ1n) is 9.25. The maximum Gasteiger partial charge on any atom is 0.306 e. The summed E-state index contributed by atoms with van der Waals surface area (Å²) in [6, 6.07) is 7.03. The van der Waals surface area contributed by atoms with E-state index in [1.54, 1.807) is 38.1 Å². The lowest BCUT2D eigenvalue weighted by molar-refractivity contribution is -0.141. The number of benzene rings is 1. The van der Waals surface area contributed by atoms with Crippen LogP contribution in [0, 0.1) is 0 Å². The standard InChI is InChI=1S/C20H29NO6/c1-14(27-13-17-8-4-5-10-26-17)19(24)21-20(2,12-18(22)23)15-7-6-9-16(11-15)25-3/h6-7,9,11,14,17H,4-5,8,10,12-13H2,1-3H3,(H,21,24)(H,22,23). The summed E-state index contributed by atoms with van der Waals surface area (Å²) < 4.78 is 16.5. The molecule has 0 bridgehead atoms. The molecule has 3 unspecified atom stereocenters. The van der Waals surface area contributed by atoms with Crippen LogP contribution < -0.4 is 10.1 Å². The van der Waals surface area contributed by atoms with Gasteiger partial charge < -0.3 is 24.6 Å². The average molecular weight is 379 g/mol. The molecule has 0 spiro atoms. The number of aliphatic carboxylic acids is 1.